The van der Waals surface area contributed by atoms with Crippen LogP contribution < -0.4 is 0 Å². The fourth-order valence-corrected chi connectivity index (χ4v) is 3.26. The van der Waals surface area contributed by atoms with E-state index < -0.39 is 0 Å². The van der Waals surface area contributed by atoms with E-state index in [1.165, 1.54) is 0 Å². The molecule has 2 aromatic heterocycles. The molecule has 4 rings (SSSR count). The summed E-state index contributed by atoms with van der Waals surface area (Å²) in [5, 5.41) is 4.08. The zero-order valence-electron chi connectivity index (χ0n) is 14.0. The first kappa shape index (κ1) is 16.2. The van der Waals surface area contributed by atoms with Crippen molar-refractivity contribution >= 4 is 5.91 Å². The number of hydrogen-bond donors (Lipinski definition) is 0. The Morgan fingerprint density at radius 2 is 1.96 bits per heavy atom. The number of aromatic nitrogens is 3. The van der Waals surface area contributed by atoms with Crippen LogP contribution in [0.1, 0.15) is 29.6 Å². The molecule has 0 saturated carbocycles. The average molecular weight is 343 g/mol. The first-order valence-electron chi connectivity index (χ1n) is 8.57. The maximum Gasteiger partial charge on any atom is 0.232 e. The maximum absolute atomic E-state index is 12.3. The largest absolute Gasteiger partial charge is 0.379 e. The number of likely N-dealkylation sites (tertiary alicyclic amines) is 1. The van der Waals surface area contributed by atoms with Crippen molar-refractivity contribution in [1.82, 2.24) is 24.9 Å². The van der Waals surface area contributed by atoms with E-state index in [-0.39, 0.29) is 11.8 Å². The van der Waals surface area contributed by atoms with Crippen LogP contribution >= 0.6 is 0 Å². The molecule has 0 spiro atoms. The zero-order valence-corrected chi connectivity index (χ0v) is 14.0. The van der Waals surface area contributed by atoms with Crippen molar-refractivity contribution in [3.05, 3.63) is 41.8 Å². The smallest absolute Gasteiger partial charge is 0.232 e. The summed E-state index contributed by atoms with van der Waals surface area (Å²) in [5.74, 6) is 1.33. The molecule has 2 saturated heterocycles. The highest BCUT2D eigenvalue weighted by Gasteiger charge is 2.34. The van der Waals surface area contributed by atoms with Gasteiger partial charge in [-0.15, -0.1) is 0 Å². The highest BCUT2D eigenvalue weighted by atomic mass is 16.5. The number of carbonyl (C=O) groups excluding carboxylic acids is 1. The molecule has 0 bridgehead atoms. The second-order valence-electron chi connectivity index (χ2n) is 6.47. The number of morpholine rings is 1. The third-order valence-electron chi connectivity index (χ3n) is 4.64. The summed E-state index contributed by atoms with van der Waals surface area (Å²) in [6.07, 6.45) is 3.90. The molecule has 8 nitrogen and oxygen atoms in total. The van der Waals surface area contributed by atoms with Crippen LogP contribution in [0.5, 0.6) is 0 Å². The van der Waals surface area contributed by atoms with Gasteiger partial charge < -0.3 is 14.2 Å². The minimum atomic E-state index is -0.0275. The lowest BCUT2D eigenvalue weighted by molar-refractivity contribution is -0.128. The molecule has 4 heterocycles. The van der Waals surface area contributed by atoms with Crippen molar-refractivity contribution in [1.29, 1.82) is 0 Å². The topological polar surface area (TPSA) is 84.6 Å². The van der Waals surface area contributed by atoms with Crippen LogP contribution in [0.2, 0.25) is 0 Å². The number of carbonyl (C=O) groups is 1. The normalized spacial score (nSPS) is 21.8. The lowest BCUT2D eigenvalue weighted by Gasteiger charge is -2.24. The summed E-state index contributed by atoms with van der Waals surface area (Å²) >= 11 is 0. The van der Waals surface area contributed by atoms with E-state index >= 15 is 0 Å². The molecule has 0 unspecified atom stereocenters. The van der Waals surface area contributed by atoms with Crippen LogP contribution in [-0.4, -0.2) is 63.7 Å². The van der Waals surface area contributed by atoms with Gasteiger partial charge in [-0.1, -0.05) is 5.16 Å². The summed E-state index contributed by atoms with van der Waals surface area (Å²) in [7, 11) is 0. The van der Waals surface area contributed by atoms with Crippen molar-refractivity contribution in [3.63, 3.8) is 0 Å². The predicted molar refractivity (Wildman–Crippen MR) is 87.4 cm³/mol. The first-order valence-corrected chi connectivity index (χ1v) is 8.57. The number of nitrogens with zero attached hydrogens (tertiary/aromatic N) is 5. The second-order valence-corrected chi connectivity index (χ2v) is 6.47. The molecule has 2 aromatic rings. The molecule has 25 heavy (non-hydrogen) atoms. The van der Waals surface area contributed by atoms with Gasteiger partial charge in [0.2, 0.25) is 11.8 Å². The summed E-state index contributed by atoms with van der Waals surface area (Å²) < 4.78 is 10.8. The number of hydrogen-bond acceptors (Lipinski definition) is 7. The van der Waals surface area contributed by atoms with E-state index in [2.05, 4.69) is 20.0 Å². The van der Waals surface area contributed by atoms with E-state index in [1.807, 2.05) is 17.0 Å². The molecule has 2 fully saturated rings. The Labute approximate surface area is 145 Å². The highest BCUT2D eigenvalue weighted by Crippen LogP contribution is 2.28. The fraction of sp³-hybridized carbons (Fsp3) is 0.529. The monoisotopic (exact) mass is 343 g/mol. The van der Waals surface area contributed by atoms with Gasteiger partial charge in [-0.2, -0.15) is 4.98 Å². The molecule has 132 valence electrons. The Morgan fingerprint density at radius 1 is 1.16 bits per heavy atom. The van der Waals surface area contributed by atoms with Crippen LogP contribution in [0.25, 0.3) is 0 Å². The Morgan fingerprint density at radius 3 is 2.76 bits per heavy atom. The Bertz CT molecular complexity index is 714. The minimum absolute atomic E-state index is 0.0275. The van der Waals surface area contributed by atoms with Gasteiger partial charge in [0.1, 0.15) is 0 Å². The quantitative estimate of drug-likeness (QED) is 0.794. The molecule has 2 aliphatic heterocycles. The Hall–Kier alpha value is -2.32. The minimum Gasteiger partial charge on any atom is -0.379 e. The van der Waals surface area contributed by atoms with E-state index in [0.717, 1.165) is 31.9 Å². The van der Waals surface area contributed by atoms with Crippen molar-refractivity contribution in [3.8, 4) is 0 Å². The van der Waals surface area contributed by atoms with Crippen molar-refractivity contribution in [2.24, 2.45) is 0 Å². The third kappa shape index (κ3) is 3.85. The molecule has 0 radical (unpaired) electrons. The molecule has 0 N–H and O–H groups in total. The summed E-state index contributed by atoms with van der Waals surface area (Å²) in [6, 6.07) is 3.85. The van der Waals surface area contributed by atoms with Crippen molar-refractivity contribution in [2.75, 3.05) is 32.8 Å². The van der Waals surface area contributed by atoms with Crippen molar-refractivity contribution < 1.29 is 14.1 Å². The maximum atomic E-state index is 12.3. The molecule has 1 atom stereocenters. The van der Waals surface area contributed by atoms with Gasteiger partial charge in [-0.3, -0.25) is 14.7 Å². The Balaban J connectivity index is 1.37. The molecule has 0 aromatic carbocycles. The molecule has 2 aliphatic rings. The molecular weight excluding hydrogens is 322 g/mol. The van der Waals surface area contributed by atoms with E-state index in [9.17, 15) is 4.79 Å². The van der Waals surface area contributed by atoms with Crippen LogP contribution in [0.3, 0.4) is 0 Å². The van der Waals surface area contributed by atoms with Gasteiger partial charge in [0.15, 0.2) is 5.82 Å². The van der Waals surface area contributed by atoms with Gasteiger partial charge in [-0.25, -0.2) is 0 Å². The highest BCUT2D eigenvalue weighted by molar-refractivity contribution is 5.79. The zero-order chi connectivity index (χ0) is 17.1. The standard InChI is InChI=1S/C17H21N5O3/c23-16-9-14(11-22(16)10-13-1-3-18-4-2-13)17-19-15(20-25-17)12-21-5-7-24-8-6-21/h1-4,14H,5-12H2/t14-/m1/s1. The van der Waals surface area contributed by atoms with Crippen molar-refractivity contribution in [2.45, 2.75) is 25.4 Å². The number of ether oxygens (including phenoxy) is 1. The first-order chi connectivity index (χ1) is 12.3. The molecule has 1 amide bonds. The SMILES string of the molecule is O=C1C[C@@H](c2nc(CN3CCOCC3)no2)CN1Cc1ccncc1. The molecule has 8 heteroatoms. The van der Waals surface area contributed by atoms with Crippen LogP contribution in [-0.2, 0) is 22.6 Å². The van der Waals surface area contributed by atoms with Gasteiger partial charge in [-0.05, 0) is 17.7 Å². The third-order valence-corrected chi connectivity index (χ3v) is 4.64. The van der Waals surface area contributed by atoms with Gasteiger partial charge in [0.25, 0.3) is 0 Å². The molecular formula is C17H21N5O3. The Kier molecular flexibility index (Phi) is 4.71. The van der Waals surface area contributed by atoms with Crippen LogP contribution in [0.15, 0.2) is 29.0 Å². The van der Waals surface area contributed by atoms with E-state index in [1.54, 1.807) is 12.4 Å². The van der Waals surface area contributed by atoms with Crippen LogP contribution in [0, 0.1) is 0 Å². The number of rotatable bonds is 5. The van der Waals surface area contributed by atoms with E-state index in [4.69, 9.17) is 9.26 Å². The second kappa shape index (κ2) is 7.28. The van der Waals surface area contributed by atoms with Gasteiger partial charge in [0.05, 0.1) is 25.7 Å². The summed E-state index contributed by atoms with van der Waals surface area (Å²) in [4.78, 5) is 24.9. The van der Waals surface area contributed by atoms with E-state index in [0.29, 0.717) is 37.8 Å². The molecule has 0 aliphatic carbocycles. The van der Waals surface area contributed by atoms with Crippen LogP contribution in [0.4, 0.5) is 0 Å². The summed E-state index contributed by atoms with van der Waals surface area (Å²) in [5.41, 5.74) is 1.07. The lowest BCUT2D eigenvalue weighted by atomic mass is 10.1. The number of amides is 1. The average Bonchev–Trinajstić information content (AvgIpc) is 3.24. The fourth-order valence-electron chi connectivity index (χ4n) is 3.26. The van der Waals surface area contributed by atoms with Gasteiger partial charge in [0, 0.05) is 45.0 Å². The predicted octanol–water partition coefficient (Wildman–Crippen LogP) is 0.813. The number of pyridine rings is 1. The lowest BCUT2D eigenvalue weighted by Crippen LogP contribution is -2.35. The summed E-state index contributed by atoms with van der Waals surface area (Å²) in [6.45, 7) is 5.11. The van der Waals surface area contributed by atoms with Gasteiger partial charge >= 0.3 is 0 Å².